The minimum absolute atomic E-state index is 0.0664. The first-order valence-electron chi connectivity index (χ1n) is 5.76. The molecule has 1 atom stereocenters. The Hall–Kier alpha value is -0.330. The monoisotopic (exact) mass is 282 g/mol. The van der Waals surface area contributed by atoms with Gasteiger partial charge in [-0.05, 0) is 19.3 Å². The van der Waals surface area contributed by atoms with E-state index < -0.39 is 10.0 Å². The van der Waals surface area contributed by atoms with E-state index in [4.69, 9.17) is 11.6 Å². The van der Waals surface area contributed by atoms with E-state index >= 15 is 0 Å². The predicted octanol–water partition coefficient (Wildman–Crippen LogP) is 0.403. The molecule has 1 aliphatic rings. The van der Waals surface area contributed by atoms with Crippen LogP contribution in [0.2, 0.25) is 0 Å². The Morgan fingerprint density at radius 1 is 1.53 bits per heavy atom. The van der Waals surface area contributed by atoms with Gasteiger partial charge in [0.2, 0.25) is 15.9 Å². The van der Waals surface area contributed by atoms with Crippen LogP contribution in [-0.2, 0) is 14.8 Å². The van der Waals surface area contributed by atoms with Gasteiger partial charge in [-0.25, -0.2) is 12.7 Å². The number of alkyl halides is 1. The van der Waals surface area contributed by atoms with E-state index in [1.165, 1.54) is 4.31 Å². The van der Waals surface area contributed by atoms with Crippen LogP contribution in [0.5, 0.6) is 0 Å². The van der Waals surface area contributed by atoms with Crippen LogP contribution in [0.15, 0.2) is 0 Å². The number of carbonyl (C=O) groups is 1. The summed E-state index contributed by atoms with van der Waals surface area (Å²) in [5.41, 5.74) is 0. The maximum atomic E-state index is 11.9. The van der Waals surface area contributed by atoms with Crippen molar-refractivity contribution in [2.45, 2.75) is 19.3 Å². The van der Waals surface area contributed by atoms with E-state index in [9.17, 15) is 13.2 Å². The van der Waals surface area contributed by atoms with Gasteiger partial charge in [-0.3, -0.25) is 4.79 Å². The van der Waals surface area contributed by atoms with Crippen molar-refractivity contribution in [1.29, 1.82) is 0 Å². The summed E-state index contributed by atoms with van der Waals surface area (Å²) < 4.78 is 25.3. The van der Waals surface area contributed by atoms with Gasteiger partial charge in [0.1, 0.15) is 0 Å². The zero-order valence-corrected chi connectivity index (χ0v) is 11.6. The Morgan fingerprint density at radius 3 is 2.82 bits per heavy atom. The first kappa shape index (κ1) is 14.7. The van der Waals surface area contributed by atoms with Gasteiger partial charge in [0.05, 0.1) is 11.7 Å². The van der Waals surface area contributed by atoms with Crippen molar-refractivity contribution in [3.05, 3.63) is 0 Å². The van der Waals surface area contributed by atoms with Crippen LogP contribution in [0, 0.1) is 5.92 Å². The molecule has 0 spiro atoms. The number of carbonyl (C=O) groups excluding carboxylic acids is 1. The largest absolute Gasteiger partial charge is 0.359 e. The first-order valence-corrected chi connectivity index (χ1v) is 7.91. The van der Waals surface area contributed by atoms with Crippen LogP contribution in [0.4, 0.5) is 0 Å². The summed E-state index contributed by atoms with van der Waals surface area (Å²) in [6.07, 6.45) is 1.93. The van der Waals surface area contributed by atoms with Gasteiger partial charge < -0.3 is 5.32 Å². The predicted molar refractivity (Wildman–Crippen MR) is 67.5 cm³/mol. The van der Waals surface area contributed by atoms with E-state index in [0.717, 1.165) is 12.8 Å². The number of sulfonamides is 1. The number of amides is 1. The molecular formula is C10H19ClN2O3S. The molecule has 0 radical (unpaired) electrons. The summed E-state index contributed by atoms with van der Waals surface area (Å²) in [7, 11) is -1.68. The van der Waals surface area contributed by atoms with Gasteiger partial charge in [0.25, 0.3) is 0 Å². The van der Waals surface area contributed by atoms with Crippen LogP contribution in [0.1, 0.15) is 19.3 Å². The second-order valence-corrected chi connectivity index (χ2v) is 6.64. The molecule has 1 aliphatic heterocycles. The highest BCUT2D eigenvalue weighted by molar-refractivity contribution is 7.89. The van der Waals surface area contributed by atoms with E-state index in [1.54, 1.807) is 7.05 Å². The zero-order valence-electron chi connectivity index (χ0n) is 9.99. The number of piperidine rings is 1. The number of hydrogen-bond acceptors (Lipinski definition) is 3. The molecule has 1 fully saturated rings. The number of hydrogen-bond donors (Lipinski definition) is 1. The molecule has 1 saturated heterocycles. The molecule has 1 heterocycles. The fourth-order valence-corrected chi connectivity index (χ4v) is 3.85. The summed E-state index contributed by atoms with van der Waals surface area (Å²) in [5.74, 6) is 0.102. The van der Waals surface area contributed by atoms with Gasteiger partial charge in [-0.15, -0.1) is 11.6 Å². The lowest BCUT2D eigenvalue weighted by atomic mass is 9.99. The molecular weight excluding hydrogens is 264 g/mol. The topological polar surface area (TPSA) is 66.5 Å². The highest BCUT2D eigenvalue weighted by Crippen LogP contribution is 2.19. The Balaban J connectivity index is 2.63. The molecule has 0 aromatic heterocycles. The SMILES string of the molecule is CNC(=O)C1CCCN(S(=O)(=O)CCCCl)C1. The van der Waals surface area contributed by atoms with Gasteiger partial charge in [-0.2, -0.15) is 0 Å². The third-order valence-corrected chi connectivity index (χ3v) is 5.12. The molecule has 5 nitrogen and oxygen atoms in total. The van der Waals surface area contributed by atoms with Gasteiger partial charge >= 0.3 is 0 Å². The quantitative estimate of drug-likeness (QED) is 0.743. The van der Waals surface area contributed by atoms with Crippen LogP contribution in [-0.4, -0.2) is 50.4 Å². The standard InChI is InChI=1S/C10H19ClN2O3S/c1-12-10(14)9-4-2-6-13(8-9)17(15,16)7-3-5-11/h9H,2-8H2,1H3,(H,12,14). The summed E-state index contributed by atoms with van der Waals surface area (Å²) >= 11 is 5.50. The van der Waals surface area contributed by atoms with Crippen LogP contribution < -0.4 is 5.32 Å². The van der Waals surface area contributed by atoms with Crippen molar-refractivity contribution >= 4 is 27.5 Å². The molecule has 1 rings (SSSR count). The average molecular weight is 283 g/mol. The zero-order chi connectivity index (χ0) is 12.9. The number of rotatable bonds is 5. The van der Waals surface area contributed by atoms with E-state index in [2.05, 4.69) is 5.32 Å². The minimum Gasteiger partial charge on any atom is -0.359 e. The highest BCUT2D eigenvalue weighted by Gasteiger charge is 2.31. The molecule has 1 unspecified atom stereocenters. The summed E-state index contributed by atoms with van der Waals surface area (Å²) in [6, 6.07) is 0. The first-order chi connectivity index (χ1) is 8.01. The summed E-state index contributed by atoms with van der Waals surface area (Å²) in [5, 5.41) is 2.57. The molecule has 7 heteroatoms. The van der Waals surface area contributed by atoms with Crippen molar-refractivity contribution in [2.24, 2.45) is 5.92 Å². The molecule has 1 amide bonds. The fourth-order valence-electron chi connectivity index (χ4n) is 1.98. The Kier molecular flexibility index (Phi) is 5.69. The second-order valence-electron chi connectivity index (χ2n) is 4.17. The lowest BCUT2D eigenvalue weighted by molar-refractivity contribution is -0.125. The van der Waals surface area contributed by atoms with Crippen LogP contribution in [0.3, 0.4) is 0 Å². The molecule has 0 aromatic carbocycles. The lowest BCUT2D eigenvalue weighted by Gasteiger charge is -2.30. The molecule has 0 bridgehead atoms. The van der Waals surface area contributed by atoms with E-state index in [1.807, 2.05) is 0 Å². The fraction of sp³-hybridized carbons (Fsp3) is 0.900. The summed E-state index contributed by atoms with van der Waals surface area (Å²) in [6.45, 7) is 0.808. The van der Waals surface area contributed by atoms with Crippen LogP contribution in [0.25, 0.3) is 0 Å². The van der Waals surface area contributed by atoms with Gasteiger partial charge in [-0.1, -0.05) is 0 Å². The third-order valence-electron chi connectivity index (χ3n) is 2.93. The van der Waals surface area contributed by atoms with Crippen LogP contribution >= 0.6 is 11.6 Å². The molecule has 1 N–H and O–H groups in total. The van der Waals surface area contributed by atoms with Crippen molar-refractivity contribution in [3.8, 4) is 0 Å². The van der Waals surface area contributed by atoms with Gasteiger partial charge in [0, 0.05) is 26.0 Å². The lowest BCUT2D eigenvalue weighted by Crippen LogP contribution is -2.45. The maximum absolute atomic E-state index is 11.9. The highest BCUT2D eigenvalue weighted by atomic mass is 35.5. The third kappa shape index (κ3) is 4.12. The maximum Gasteiger partial charge on any atom is 0.224 e. The van der Waals surface area contributed by atoms with Crippen molar-refractivity contribution in [1.82, 2.24) is 9.62 Å². The normalized spacial score (nSPS) is 22.4. The molecule has 100 valence electrons. The van der Waals surface area contributed by atoms with E-state index in [0.29, 0.717) is 25.4 Å². The Labute approximate surface area is 108 Å². The molecule has 17 heavy (non-hydrogen) atoms. The van der Waals surface area contributed by atoms with Crippen molar-refractivity contribution in [2.75, 3.05) is 31.8 Å². The molecule has 0 aromatic rings. The summed E-state index contributed by atoms with van der Waals surface area (Å²) in [4.78, 5) is 11.5. The molecule has 0 saturated carbocycles. The Morgan fingerprint density at radius 2 is 2.24 bits per heavy atom. The minimum atomic E-state index is -3.25. The van der Waals surface area contributed by atoms with E-state index in [-0.39, 0.29) is 17.6 Å². The average Bonchev–Trinajstić information content (AvgIpc) is 2.35. The second kappa shape index (κ2) is 6.56. The van der Waals surface area contributed by atoms with Gasteiger partial charge in [0.15, 0.2) is 0 Å². The van der Waals surface area contributed by atoms with Crippen molar-refractivity contribution < 1.29 is 13.2 Å². The number of nitrogens with zero attached hydrogens (tertiary/aromatic N) is 1. The number of halogens is 1. The number of nitrogens with one attached hydrogen (secondary N) is 1. The van der Waals surface area contributed by atoms with Crippen molar-refractivity contribution in [3.63, 3.8) is 0 Å². The Bertz CT molecular complexity index is 359. The molecule has 0 aliphatic carbocycles. The smallest absolute Gasteiger partial charge is 0.224 e.